The number of Topliss-reactive ketones (excluding diaryl/α,β-unsaturated/α-hetero) is 1. The van der Waals surface area contributed by atoms with E-state index in [4.69, 9.17) is 4.74 Å². The van der Waals surface area contributed by atoms with E-state index in [1.807, 2.05) is 18.2 Å². The number of methoxy groups -OCH3 is 1. The van der Waals surface area contributed by atoms with E-state index in [1.165, 1.54) is 7.11 Å². The molecule has 1 aromatic rings. The first kappa shape index (κ1) is 26.1. The number of ether oxygens (including phenoxy) is 2. The molecule has 0 aromatic heterocycles. The van der Waals surface area contributed by atoms with Gasteiger partial charge in [-0.15, -0.1) is 0 Å². The zero-order valence-corrected chi connectivity index (χ0v) is 18.7. The number of hydrogen-bond donors (Lipinski definition) is 3. The van der Waals surface area contributed by atoms with E-state index in [2.05, 4.69) is 20.7 Å². The smallest absolute Gasteiger partial charge is 0.408 e. The fraction of sp³-hybridized carbons (Fsp3) is 0.545. The third-order valence-electron chi connectivity index (χ3n) is 4.12. The van der Waals surface area contributed by atoms with Crippen LogP contribution in [0.1, 0.15) is 50.4 Å². The van der Waals surface area contributed by atoms with Gasteiger partial charge in [0, 0.05) is 5.56 Å². The molecule has 172 valence electrons. The standard InChI is InChI=1S/C22H33N3O6/c1-22(2,3)31-21(29)25-17(20(28)24-15-19(27)30-4)12-8-9-13-23-14-18(26)16-10-6-5-7-11-16/h5-7,10-11,17,23H,8-9,12-15H2,1-4H3,(H,24,28)(H,25,29). The Morgan fingerprint density at radius 3 is 2.29 bits per heavy atom. The Hall–Kier alpha value is -2.94. The predicted molar refractivity (Wildman–Crippen MR) is 116 cm³/mol. The Labute approximate surface area is 183 Å². The van der Waals surface area contributed by atoms with Gasteiger partial charge in [0.2, 0.25) is 5.91 Å². The van der Waals surface area contributed by atoms with Crippen molar-refractivity contribution in [3.05, 3.63) is 35.9 Å². The third-order valence-corrected chi connectivity index (χ3v) is 4.12. The normalized spacial score (nSPS) is 11.9. The van der Waals surface area contributed by atoms with Crippen molar-refractivity contribution < 1.29 is 28.7 Å². The summed E-state index contributed by atoms with van der Waals surface area (Å²) >= 11 is 0. The van der Waals surface area contributed by atoms with Crippen molar-refractivity contribution in [1.29, 1.82) is 0 Å². The second-order valence-corrected chi connectivity index (χ2v) is 7.95. The summed E-state index contributed by atoms with van der Waals surface area (Å²) in [5.41, 5.74) is -0.0503. The van der Waals surface area contributed by atoms with Gasteiger partial charge in [0.1, 0.15) is 18.2 Å². The molecule has 1 unspecified atom stereocenters. The van der Waals surface area contributed by atoms with Crippen LogP contribution in [0.3, 0.4) is 0 Å². The quantitative estimate of drug-likeness (QED) is 0.260. The highest BCUT2D eigenvalue weighted by Gasteiger charge is 2.24. The molecule has 1 aromatic carbocycles. The van der Waals surface area contributed by atoms with Crippen LogP contribution in [-0.2, 0) is 19.1 Å². The lowest BCUT2D eigenvalue weighted by Crippen LogP contribution is -2.49. The highest BCUT2D eigenvalue weighted by Crippen LogP contribution is 2.08. The number of unbranched alkanes of at least 4 members (excludes halogenated alkanes) is 1. The van der Waals surface area contributed by atoms with Gasteiger partial charge in [-0.1, -0.05) is 30.3 Å². The summed E-state index contributed by atoms with van der Waals surface area (Å²) < 4.78 is 9.71. The van der Waals surface area contributed by atoms with Crippen LogP contribution in [0.5, 0.6) is 0 Å². The molecule has 0 aliphatic heterocycles. The number of hydrogen-bond acceptors (Lipinski definition) is 7. The molecular formula is C22H33N3O6. The van der Waals surface area contributed by atoms with Crippen LogP contribution >= 0.6 is 0 Å². The first-order valence-corrected chi connectivity index (χ1v) is 10.3. The van der Waals surface area contributed by atoms with Crippen LogP contribution in [0.15, 0.2) is 30.3 Å². The number of carbonyl (C=O) groups excluding carboxylic acids is 4. The Balaban J connectivity index is 2.44. The molecule has 0 spiro atoms. The molecule has 9 nitrogen and oxygen atoms in total. The molecule has 0 heterocycles. The first-order chi connectivity index (χ1) is 14.6. The molecule has 1 rings (SSSR count). The van der Waals surface area contributed by atoms with E-state index in [0.717, 1.165) is 0 Å². The van der Waals surface area contributed by atoms with Gasteiger partial charge in [-0.2, -0.15) is 0 Å². The van der Waals surface area contributed by atoms with Crippen molar-refractivity contribution in [1.82, 2.24) is 16.0 Å². The maximum Gasteiger partial charge on any atom is 0.408 e. The van der Waals surface area contributed by atoms with Crippen LogP contribution in [-0.4, -0.2) is 62.1 Å². The van der Waals surface area contributed by atoms with E-state index < -0.39 is 29.6 Å². The van der Waals surface area contributed by atoms with E-state index in [0.29, 0.717) is 31.4 Å². The van der Waals surface area contributed by atoms with Crippen LogP contribution in [0.2, 0.25) is 0 Å². The SMILES string of the molecule is COC(=O)CNC(=O)C(CCCCNCC(=O)c1ccccc1)NC(=O)OC(C)(C)C. The molecule has 9 heteroatoms. The van der Waals surface area contributed by atoms with Gasteiger partial charge < -0.3 is 25.4 Å². The summed E-state index contributed by atoms with van der Waals surface area (Å²) in [6.45, 7) is 5.69. The second kappa shape index (κ2) is 13.4. The average Bonchev–Trinajstić information content (AvgIpc) is 2.72. The molecule has 3 N–H and O–H groups in total. The molecule has 2 amide bonds. The number of esters is 1. The topological polar surface area (TPSA) is 123 Å². The van der Waals surface area contributed by atoms with E-state index in [1.54, 1.807) is 32.9 Å². The molecule has 0 saturated heterocycles. The lowest BCUT2D eigenvalue weighted by atomic mass is 10.1. The molecule has 31 heavy (non-hydrogen) atoms. The molecule has 1 atom stereocenters. The third kappa shape index (κ3) is 11.7. The van der Waals surface area contributed by atoms with E-state index >= 15 is 0 Å². The van der Waals surface area contributed by atoms with Gasteiger partial charge in [-0.05, 0) is 46.6 Å². The van der Waals surface area contributed by atoms with Gasteiger partial charge in [-0.25, -0.2) is 4.79 Å². The zero-order chi connectivity index (χ0) is 23.3. The van der Waals surface area contributed by atoms with Crippen LogP contribution in [0, 0.1) is 0 Å². The highest BCUT2D eigenvalue weighted by atomic mass is 16.6. The molecule has 0 saturated carbocycles. The first-order valence-electron chi connectivity index (χ1n) is 10.3. The van der Waals surface area contributed by atoms with Crippen molar-refractivity contribution >= 4 is 23.8 Å². The number of amides is 2. The molecule has 0 aliphatic carbocycles. The van der Waals surface area contributed by atoms with Gasteiger partial charge >= 0.3 is 12.1 Å². The number of carbonyl (C=O) groups is 4. The largest absolute Gasteiger partial charge is 0.468 e. The summed E-state index contributed by atoms with van der Waals surface area (Å²) in [6, 6.07) is 8.17. The molecule has 0 aliphatic rings. The molecule has 0 fully saturated rings. The Bertz CT molecular complexity index is 731. The van der Waals surface area contributed by atoms with Gasteiger partial charge in [-0.3, -0.25) is 14.4 Å². The summed E-state index contributed by atoms with van der Waals surface area (Å²) in [6.07, 6.45) is 0.940. The fourth-order valence-corrected chi connectivity index (χ4v) is 2.60. The maximum atomic E-state index is 12.4. The molecule has 0 bridgehead atoms. The van der Waals surface area contributed by atoms with Gasteiger partial charge in [0.25, 0.3) is 0 Å². The summed E-state index contributed by atoms with van der Waals surface area (Å²) in [4.78, 5) is 47.7. The summed E-state index contributed by atoms with van der Waals surface area (Å²) in [7, 11) is 1.22. The van der Waals surface area contributed by atoms with Gasteiger partial charge in [0.05, 0.1) is 13.7 Å². The summed E-state index contributed by atoms with van der Waals surface area (Å²) in [5, 5.41) is 8.07. The Morgan fingerprint density at radius 1 is 1.00 bits per heavy atom. The number of benzene rings is 1. The highest BCUT2D eigenvalue weighted by molar-refractivity contribution is 5.97. The minimum atomic E-state index is -0.856. The minimum absolute atomic E-state index is 0.00672. The lowest BCUT2D eigenvalue weighted by Gasteiger charge is -2.23. The molecular weight excluding hydrogens is 402 g/mol. The predicted octanol–water partition coefficient (Wildman–Crippen LogP) is 1.81. The van der Waals surface area contributed by atoms with Crippen molar-refractivity contribution in [2.24, 2.45) is 0 Å². The van der Waals surface area contributed by atoms with Gasteiger partial charge in [0.15, 0.2) is 5.78 Å². The number of rotatable bonds is 12. The van der Waals surface area contributed by atoms with Crippen molar-refractivity contribution in [2.75, 3.05) is 26.7 Å². The molecule has 0 radical (unpaired) electrons. The minimum Gasteiger partial charge on any atom is -0.468 e. The van der Waals surface area contributed by atoms with Crippen molar-refractivity contribution in [2.45, 2.75) is 51.7 Å². The van der Waals surface area contributed by atoms with Crippen LogP contribution in [0.4, 0.5) is 4.79 Å². The van der Waals surface area contributed by atoms with Crippen LogP contribution < -0.4 is 16.0 Å². The number of ketones is 1. The van der Waals surface area contributed by atoms with Crippen molar-refractivity contribution in [3.8, 4) is 0 Å². The lowest BCUT2D eigenvalue weighted by molar-refractivity contribution is -0.141. The Kier molecular flexibility index (Phi) is 11.3. The summed E-state index contributed by atoms with van der Waals surface area (Å²) in [5.74, 6) is -1.08. The fourth-order valence-electron chi connectivity index (χ4n) is 2.60. The maximum absolute atomic E-state index is 12.4. The number of nitrogens with one attached hydrogen (secondary N) is 3. The Morgan fingerprint density at radius 2 is 1.68 bits per heavy atom. The average molecular weight is 436 g/mol. The van der Waals surface area contributed by atoms with Crippen LogP contribution in [0.25, 0.3) is 0 Å². The van der Waals surface area contributed by atoms with E-state index in [9.17, 15) is 19.2 Å². The van der Waals surface area contributed by atoms with E-state index in [-0.39, 0.29) is 18.9 Å². The number of alkyl carbamates (subject to hydrolysis) is 1. The second-order valence-electron chi connectivity index (χ2n) is 7.95. The zero-order valence-electron chi connectivity index (χ0n) is 18.7. The van der Waals surface area contributed by atoms with Crippen molar-refractivity contribution in [3.63, 3.8) is 0 Å². The monoisotopic (exact) mass is 435 g/mol.